The first kappa shape index (κ1) is 5.45. The van der Waals surface area contributed by atoms with Crippen molar-refractivity contribution in [2.75, 3.05) is 6.61 Å². The number of fused-ring (bicyclic) bond motifs is 1. The minimum absolute atomic E-state index is 0.304. The topological polar surface area (TPSA) is 18.5 Å². The Morgan fingerprint density at radius 1 is 1.56 bits per heavy atom. The average molecular weight is 126 g/mol. The fraction of sp³-hybridized carbons (Fsp3) is 0.714. The van der Waals surface area contributed by atoms with Gasteiger partial charge in [0.25, 0.3) is 0 Å². The Morgan fingerprint density at radius 2 is 2.56 bits per heavy atom. The first-order valence-electron chi connectivity index (χ1n) is 3.44. The number of hydrogen-bond acceptors (Lipinski definition) is 2. The van der Waals surface area contributed by atoms with Crippen molar-refractivity contribution in [3.8, 4) is 0 Å². The highest BCUT2D eigenvalue weighted by Crippen LogP contribution is 2.27. The summed E-state index contributed by atoms with van der Waals surface area (Å²) in [5.74, 6) is 0. The summed E-state index contributed by atoms with van der Waals surface area (Å²) in [6.07, 6.45) is 5.94. The molecule has 1 saturated heterocycles. The maximum absolute atomic E-state index is 5.03. The highest BCUT2D eigenvalue weighted by molar-refractivity contribution is 5.14. The molecule has 0 saturated carbocycles. The SMILES string of the molecule is C1=C2CCOOC2CC1. The highest BCUT2D eigenvalue weighted by atomic mass is 17.2. The molecule has 1 fully saturated rings. The number of allylic oxidation sites excluding steroid dienone is 1. The molecule has 0 aromatic heterocycles. The molecule has 2 rings (SSSR count). The van der Waals surface area contributed by atoms with Crippen molar-refractivity contribution in [1.29, 1.82) is 0 Å². The van der Waals surface area contributed by atoms with E-state index in [4.69, 9.17) is 9.78 Å². The maximum Gasteiger partial charge on any atom is 0.114 e. The Balaban J connectivity index is 2.09. The van der Waals surface area contributed by atoms with Gasteiger partial charge in [-0.25, -0.2) is 9.78 Å². The monoisotopic (exact) mass is 126 g/mol. The molecule has 50 valence electrons. The fourth-order valence-corrected chi connectivity index (χ4v) is 1.40. The summed E-state index contributed by atoms with van der Waals surface area (Å²) in [6, 6.07) is 0. The molecule has 2 heteroatoms. The van der Waals surface area contributed by atoms with Crippen LogP contribution in [0.15, 0.2) is 11.6 Å². The molecule has 2 nitrogen and oxygen atoms in total. The van der Waals surface area contributed by atoms with Gasteiger partial charge in [0.2, 0.25) is 0 Å². The highest BCUT2D eigenvalue weighted by Gasteiger charge is 2.23. The number of hydrogen-bond donors (Lipinski definition) is 0. The van der Waals surface area contributed by atoms with Crippen molar-refractivity contribution in [3.63, 3.8) is 0 Å². The first-order chi connectivity index (χ1) is 4.47. The molecule has 1 heterocycles. The van der Waals surface area contributed by atoms with E-state index in [1.807, 2.05) is 0 Å². The Hall–Kier alpha value is -0.340. The smallest absolute Gasteiger partial charge is 0.114 e. The van der Waals surface area contributed by atoms with E-state index in [-0.39, 0.29) is 0 Å². The van der Waals surface area contributed by atoms with Gasteiger partial charge < -0.3 is 0 Å². The third-order valence-corrected chi connectivity index (χ3v) is 1.91. The molecule has 0 aromatic rings. The van der Waals surface area contributed by atoms with Crippen molar-refractivity contribution < 1.29 is 9.78 Å². The summed E-state index contributed by atoms with van der Waals surface area (Å²) in [5.41, 5.74) is 1.45. The quantitative estimate of drug-likeness (QED) is 0.361. The second kappa shape index (κ2) is 2.12. The van der Waals surface area contributed by atoms with Gasteiger partial charge in [-0.15, -0.1) is 0 Å². The van der Waals surface area contributed by atoms with Crippen molar-refractivity contribution >= 4 is 0 Å². The molecule has 1 aliphatic heterocycles. The van der Waals surface area contributed by atoms with E-state index in [1.165, 1.54) is 12.0 Å². The van der Waals surface area contributed by atoms with Crippen LogP contribution in [-0.4, -0.2) is 12.7 Å². The summed E-state index contributed by atoms with van der Waals surface area (Å²) in [4.78, 5) is 9.88. The molecular formula is C7H10O2. The van der Waals surface area contributed by atoms with E-state index >= 15 is 0 Å². The summed E-state index contributed by atoms with van der Waals surface area (Å²) in [5, 5.41) is 0. The van der Waals surface area contributed by atoms with Crippen LogP contribution in [0.3, 0.4) is 0 Å². The number of rotatable bonds is 0. The van der Waals surface area contributed by atoms with Crippen LogP contribution in [0.5, 0.6) is 0 Å². The Bertz CT molecular complexity index is 140. The lowest BCUT2D eigenvalue weighted by atomic mass is 10.1. The third kappa shape index (κ3) is 0.884. The first-order valence-corrected chi connectivity index (χ1v) is 3.44. The maximum atomic E-state index is 5.03. The summed E-state index contributed by atoms with van der Waals surface area (Å²) < 4.78 is 0. The van der Waals surface area contributed by atoms with E-state index < -0.39 is 0 Å². The zero-order valence-electron chi connectivity index (χ0n) is 5.30. The minimum atomic E-state index is 0.304. The minimum Gasteiger partial charge on any atom is -0.236 e. The van der Waals surface area contributed by atoms with Crippen molar-refractivity contribution in [2.45, 2.75) is 25.4 Å². The lowest BCUT2D eigenvalue weighted by Gasteiger charge is -2.19. The van der Waals surface area contributed by atoms with Crippen molar-refractivity contribution in [2.24, 2.45) is 0 Å². The lowest BCUT2D eigenvalue weighted by Crippen LogP contribution is -2.19. The third-order valence-electron chi connectivity index (χ3n) is 1.91. The van der Waals surface area contributed by atoms with Gasteiger partial charge in [0.15, 0.2) is 0 Å². The van der Waals surface area contributed by atoms with E-state index in [2.05, 4.69) is 6.08 Å². The molecule has 2 aliphatic rings. The zero-order chi connectivity index (χ0) is 6.10. The van der Waals surface area contributed by atoms with Gasteiger partial charge in [0, 0.05) is 0 Å². The van der Waals surface area contributed by atoms with Crippen LogP contribution in [0.4, 0.5) is 0 Å². The normalized spacial score (nSPS) is 33.8. The predicted octanol–water partition coefficient (Wildman–Crippen LogP) is 1.43. The molecule has 0 radical (unpaired) electrons. The van der Waals surface area contributed by atoms with Gasteiger partial charge >= 0.3 is 0 Å². The van der Waals surface area contributed by atoms with Crippen molar-refractivity contribution in [1.82, 2.24) is 0 Å². The lowest BCUT2D eigenvalue weighted by molar-refractivity contribution is -0.328. The fourth-order valence-electron chi connectivity index (χ4n) is 1.40. The van der Waals surface area contributed by atoms with Crippen LogP contribution in [0, 0.1) is 0 Å². The molecular weight excluding hydrogens is 116 g/mol. The van der Waals surface area contributed by atoms with E-state index in [0.29, 0.717) is 6.10 Å². The van der Waals surface area contributed by atoms with Gasteiger partial charge in [0.05, 0.1) is 6.61 Å². The van der Waals surface area contributed by atoms with Crippen LogP contribution < -0.4 is 0 Å². The average Bonchev–Trinajstić information content (AvgIpc) is 2.33. The summed E-state index contributed by atoms with van der Waals surface area (Å²) in [7, 11) is 0. The van der Waals surface area contributed by atoms with Crippen LogP contribution in [0.1, 0.15) is 19.3 Å². The molecule has 0 amide bonds. The van der Waals surface area contributed by atoms with Gasteiger partial charge in [-0.1, -0.05) is 6.08 Å². The predicted molar refractivity (Wildman–Crippen MR) is 32.8 cm³/mol. The molecule has 0 aromatic carbocycles. The molecule has 9 heavy (non-hydrogen) atoms. The van der Waals surface area contributed by atoms with Crippen LogP contribution in [-0.2, 0) is 9.78 Å². The Morgan fingerprint density at radius 3 is 3.44 bits per heavy atom. The molecule has 0 spiro atoms. The van der Waals surface area contributed by atoms with E-state index in [0.717, 1.165) is 19.4 Å². The van der Waals surface area contributed by atoms with Crippen LogP contribution >= 0.6 is 0 Å². The molecule has 1 unspecified atom stereocenters. The summed E-state index contributed by atoms with van der Waals surface area (Å²) >= 11 is 0. The van der Waals surface area contributed by atoms with Gasteiger partial charge in [-0.3, -0.25) is 0 Å². The van der Waals surface area contributed by atoms with Crippen LogP contribution in [0.25, 0.3) is 0 Å². The molecule has 1 aliphatic carbocycles. The molecule has 1 atom stereocenters. The van der Waals surface area contributed by atoms with Gasteiger partial charge in [0.1, 0.15) is 6.10 Å². The largest absolute Gasteiger partial charge is 0.236 e. The molecule has 0 N–H and O–H groups in total. The Kier molecular flexibility index (Phi) is 1.28. The van der Waals surface area contributed by atoms with E-state index in [9.17, 15) is 0 Å². The summed E-state index contributed by atoms with van der Waals surface area (Å²) in [6.45, 7) is 0.738. The second-order valence-corrected chi connectivity index (χ2v) is 2.51. The standard InChI is InChI=1S/C7H10O2/c1-2-6-4-5-8-9-7(6)3-1/h2,7H,1,3-5H2. The molecule has 0 bridgehead atoms. The second-order valence-electron chi connectivity index (χ2n) is 2.51. The van der Waals surface area contributed by atoms with Gasteiger partial charge in [-0.05, 0) is 24.8 Å². The van der Waals surface area contributed by atoms with E-state index in [1.54, 1.807) is 0 Å². The van der Waals surface area contributed by atoms with Crippen molar-refractivity contribution in [3.05, 3.63) is 11.6 Å². The van der Waals surface area contributed by atoms with Gasteiger partial charge in [-0.2, -0.15) is 0 Å². The Labute approximate surface area is 54.4 Å². The van der Waals surface area contributed by atoms with Crippen LogP contribution in [0.2, 0.25) is 0 Å². The zero-order valence-corrected chi connectivity index (χ0v) is 5.30.